The third-order valence-electron chi connectivity index (χ3n) is 14.5. The predicted molar refractivity (Wildman–Crippen MR) is 295 cm³/mol. The second kappa shape index (κ2) is 25.5. The summed E-state index contributed by atoms with van der Waals surface area (Å²) in [4.78, 5) is 54.3. The quantitative estimate of drug-likeness (QED) is 0.0521. The van der Waals surface area contributed by atoms with Crippen molar-refractivity contribution in [1.29, 1.82) is 0 Å². The van der Waals surface area contributed by atoms with E-state index in [-0.39, 0.29) is 42.1 Å². The molecule has 1 saturated heterocycles. The summed E-state index contributed by atoms with van der Waals surface area (Å²) in [5, 5.41) is 24.7. The van der Waals surface area contributed by atoms with E-state index >= 15 is 0 Å². The van der Waals surface area contributed by atoms with Gasteiger partial charge in [-0.25, -0.2) is 4.98 Å². The summed E-state index contributed by atoms with van der Waals surface area (Å²) in [6, 6.07) is 18.2. The number of halogens is 1. The molecule has 9 rings (SSSR count). The van der Waals surface area contributed by atoms with Crippen molar-refractivity contribution in [3.8, 4) is 22.0 Å². The van der Waals surface area contributed by atoms with Gasteiger partial charge < -0.3 is 39.8 Å². The molecule has 0 spiro atoms. The van der Waals surface area contributed by atoms with Crippen molar-refractivity contribution >= 4 is 68.5 Å². The van der Waals surface area contributed by atoms with Crippen molar-refractivity contribution in [3.63, 3.8) is 0 Å². The largest absolute Gasteiger partial charge is 0.491 e. The number of likely N-dealkylation sites (N-methyl/N-ethyl adjacent to an activating group) is 1. The Labute approximate surface area is 452 Å². The molecule has 3 N–H and O–H groups in total. The molecule has 6 aromatic rings. The molecule has 398 valence electrons. The normalized spacial score (nSPS) is 17.5. The van der Waals surface area contributed by atoms with Crippen LogP contribution in [0, 0.1) is 26.7 Å². The average molecular weight is 1080 g/mol. The van der Waals surface area contributed by atoms with Crippen LogP contribution in [-0.2, 0) is 28.6 Å². The molecule has 1 saturated carbocycles. The molecule has 3 aromatic heterocycles. The maximum Gasteiger partial charge on any atom is 0.246 e. The molecule has 19 heteroatoms. The number of thiophene rings is 1. The van der Waals surface area contributed by atoms with Gasteiger partial charge in [-0.3, -0.25) is 23.9 Å². The first-order chi connectivity index (χ1) is 36.5. The minimum absolute atomic E-state index is 0.0116. The zero-order valence-corrected chi connectivity index (χ0v) is 45.9. The number of nitrogens with one attached hydrogen (secondary N) is 3. The lowest BCUT2D eigenvalue weighted by Crippen LogP contribution is -2.55. The summed E-state index contributed by atoms with van der Waals surface area (Å²) >= 11 is 9.52. The van der Waals surface area contributed by atoms with Crippen LogP contribution in [0.2, 0.25) is 5.02 Å². The first kappa shape index (κ1) is 54.2. The van der Waals surface area contributed by atoms with Gasteiger partial charge in [-0.1, -0.05) is 67.3 Å². The lowest BCUT2D eigenvalue weighted by molar-refractivity contribution is -0.139. The van der Waals surface area contributed by atoms with E-state index in [1.807, 2.05) is 65.8 Å². The van der Waals surface area contributed by atoms with Gasteiger partial charge in [-0.05, 0) is 102 Å². The number of aliphatic imine (C=N–C) groups is 1. The van der Waals surface area contributed by atoms with Gasteiger partial charge in [0.2, 0.25) is 17.7 Å². The van der Waals surface area contributed by atoms with Crippen LogP contribution < -0.4 is 20.7 Å². The molecule has 16 nitrogen and oxygen atoms in total. The van der Waals surface area contributed by atoms with Gasteiger partial charge >= 0.3 is 0 Å². The lowest BCUT2D eigenvalue weighted by atomic mass is 9.83. The molecule has 5 heterocycles. The van der Waals surface area contributed by atoms with Gasteiger partial charge in [-0.2, -0.15) is 0 Å². The Bertz CT molecular complexity index is 2970. The molecule has 2 fully saturated rings. The third-order valence-corrected chi connectivity index (χ3v) is 16.9. The minimum Gasteiger partial charge on any atom is -0.491 e. The standard InChI is InChI=1S/C56H68ClN9O7S2/c1-34-36(3)75-56-49(34)50(39-17-19-40(57)20-18-39)60-44(52-64-63-37(4)66(52)56)32-48(67)59-23-25-70-26-27-71-28-29-72-30-31-73-47-22-21-42(41-14-9-10-15-43(41)47)45-33-74-54(61-45)46-16-11-24-65(46)55(69)51(38-12-7-6-8-13-38)62-53(68)35(2)58-5/h9-10,14-15,17-22,33,35,38,44,46,51,58H,6-8,11-13,16,23-32H2,1-5H3,(H,59,67)(H,62,68)/t35-,44-,46-,51?/m0/s1. The summed E-state index contributed by atoms with van der Waals surface area (Å²) in [6.07, 6.45) is 7.06. The van der Waals surface area contributed by atoms with Crippen LogP contribution in [0.4, 0.5) is 0 Å². The maximum absolute atomic E-state index is 14.4. The molecule has 1 aliphatic carbocycles. The van der Waals surface area contributed by atoms with Gasteiger partial charge in [0.05, 0.1) is 69.6 Å². The molecule has 3 aliphatic rings. The molecule has 75 heavy (non-hydrogen) atoms. The van der Waals surface area contributed by atoms with Crippen LogP contribution in [-0.4, -0.2) is 127 Å². The molecule has 3 amide bonds. The second-order valence-corrected chi connectivity index (χ2v) is 22.0. The topological polar surface area (TPSA) is 183 Å². The number of benzene rings is 3. The first-order valence-corrected chi connectivity index (χ1v) is 28.3. The Morgan fingerprint density at radius 3 is 2.31 bits per heavy atom. The van der Waals surface area contributed by atoms with Crippen LogP contribution in [0.1, 0.15) is 109 Å². The number of nitrogens with zero attached hydrogens (tertiary/aromatic N) is 6. The first-order valence-electron chi connectivity index (χ1n) is 26.3. The Morgan fingerprint density at radius 1 is 0.840 bits per heavy atom. The summed E-state index contributed by atoms with van der Waals surface area (Å²) in [7, 11) is 1.76. The van der Waals surface area contributed by atoms with Crippen molar-refractivity contribution in [1.82, 2.24) is 40.6 Å². The van der Waals surface area contributed by atoms with Crippen LogP contribution in [0.25, 0.3) is 27.0 Å². The average Bonchev–Trinajstić information content (AvgIpc) is 4.24. The van der Waals surface area contributed by atoms with Gasteiger partial charge in [-0.15, -0.1) is 32.9 Å². The smallest absolute Gasteiger partial charge is 0.246 e. The van der Waals surface area contributed by atoms with Crippen molar-refractivity contribution in [3.05, 3.63) is 109 Å². The molecule has 0 bridgehead atoms. The number of carbonyl (C=O) groups excluding carboxylic acids is 3. The van der Waals surface area contributed by atoms with Gasteiger partial charge in [0, 0.05) is 50.4 Å². The van der Waals surface area contributed by atoms with E-state index in [1.54, 1.807) is 29.7 Å². The van der Waals surface area contributed by atoms with Crippen LogP contribution >= 0.6 is 34.3 Å². The van der Waals surface area contributed by atoms with E-state index in [0.717, 1.165) is 105 Å². The van der Waals surface area contributed by atoms with E-state index in [4.69, 9.17) is 40.5 Å². The zero-order valence-electron chi connectivity index (χ0n) is 43.5. The number of amides is 3. The van der Waals surface area contributed by atoms with Crippen molar-refractivity contribution in [2.24, 2.45) is 10.9 Å². The van der Waals surface area contributed by atoms with Gasteiger partial charge in [0.25, 0.3) is 0 Å². The van der Waals surface area contributed by atoms with Gasteiger partial charge in [0.15, 0.2) is 5.82 Å². The van der Waals surface area contributed by atoms with Crippen molar-refractivity contribution < 1.29 is 33.3 Å². The number of likely N-dealkylation sites (tertiary alicyclic amines) is 1. The number of hydrogen-bond donors (Lipinski definition) is 3. The number of ether oxygens (including phenoxy) is 4. The third kappa shape index (κ3) is 12.7. The Hall–Kier alpha value is -5.60. The van der Waals surface area contributed by atoms with E-state index < -0.39 is 12.1 Å². The summed E-state index contributed by atoms with van der Waals surface area (Å²) in [5.41, 5.74) is 5.75. The number of aryl methyl sites for hydroxylation is 2. The molecular weight excluding hydrogens is 1010 g/mol. The molecule has 2 aliphatic heterocycles. The summed E-state index contributed by atoms with van der Waals surface area (Å²) in [5.74, 6) is 1.98. The Kier molecular flexibility index (Phi) is 18.4. The molecule has 3 aromatic carbocycles. The van der Waals surface area contributed by atoms with Crippen LogP contribution in [0.3, 0.4) is 0 Å². The fraction of sp³-hybridized carbons (Fsp3) is 0.482. The van der Waals surface area contributed by atoms with E-state index in [2.05, 4.69) is 63.6 Å². The molecule has 0 radical (unpaired) electrons. The summed E-state index contributed by atoms with van der Waals surface area (Å²) < 4.78 is 25.6. The van der Waals surface area contributed by atoms with E-state index in [9.17, 15) is 14.4 Å². The molecule has 1 unspecified atom stereocenters. The number of hydrogen-bond acceptors (Lipinski definition) is 14. The summed E-state index contributed by atoms with van der Waals surface area (Å²) in [6.45, 7) is 11.6. The van der Waals surface area contributed by atoms with Crippen molar-refractivity contribution in [2.45, 2.75) is 103 Å². The fourth-order valence-electron chi connectivity index (χ4n) is 10.3. The number of thiazole rings is 1. The monoisotopic (exact) mass is 1080 g/mol. The number of aromatic nitrogens is 4. The number of carbonyl (C=O) groups is 3. The zero-order chi connectivity index (χ0) is 52.4. The SMILES string of the molecule is CN[C@@H](C)C(=O)NC(C(=O)N1CCC[C@H]1c1nc(-c2ccc(OCCOCCOCCOCCNC(=O)C[C@@H]3N=C(c4ccc(Cl)cc4)c4c(sc(C)c4C)-n4c(C)nnc43)c3ccccc23)cs1)C1CCCCC1. The Morgan fingerprint density at radius 2 is 1.56 bits per heavy atom. The maximum atomic E-state index is 14.4. The highest BCUT2D eigenvalue weighted by Crippen LogP contribution is 2.42. The van der Waals surface area contributed by atoms with E-state index in [1.165, 1.54) is 11.3 Å². The second-order valence-electron chi connectivity index (χ2n) is 19.5. The fourth-order valence-corrected chi connectivity index (χ4v) is 12.6. The highest BCUT2D eigenvalue weighted by atomic mass is 35.5. The van der Waals surface area contributed by atoms with E-state index in [0.29, 0.717) is 70.2 Å². The van der Waals surface area contributed by atoms with Crippen LogP contribution in [0.15, 0.2) is 71.0 Å². The van der Waals surface area contributed by atoms with Crippen molar-refractivity contribution in [2.75, 3.05) is 66.4 Å². The number of rotatable bonds is 23. The highest BCUT2D eigenvalue weighted by molar-refractivity contribution is 7.15. The Balaban J connectivity index is 0.693. The van der Waals surface area contributed by atoms with Gasteiger partial charge in [0.1, 0.15) is 40.3 Å². The lowest BCUT2D eigenvalue weighted by Gasteiger charge is -2.35. The van der Waals surface area contributed by atoms with Crippen LogP contribution in [0.5, 0.6) is 5.75 Å². The minimum atomic E-state index is -0.549. The number of fused-ring (bicyclic) bond motifs is 4. The predicted octanol–water partition coefficient (Wildman–Crippen LogP) is 9.05. The highest BCUT2D eigenvalue weighted by Gasteiger charge is 2.40. The molecule has 4 atom stereocenters. The molecular formula is C56H68ClN9O7S2.